The van der Waals surface area contributed by atoms with Crippen LogP contribution in [0.25, 0.3) is 10.8 Å². The van der Waals surface area contributed by atoms with Gasteiger partial charge in [0.1, 0.15) is 6.26 Å². The number of amides is 1. The van der Waals surface area contributed by atoms with Crippen LogP contribution in [0.3, 0.4) is 0 Å². The van der Waals surface area contributed by atoms with Crippen molar-refractivity contribution in [1.82, 2.24) is 10.3 Å². The van der Waals surface area contributed by atoms with E-state index in [1.54, 1.807) is 17.6 Å². The molecule has 0 fully saturated rings. The smallest absolute Gasteiger partial charge is 0.236 e. The molecule has 4 nitrogen and oxygen atoms in total. The fraction of sp³-hybridized carbons (Fsp3) is 0.429. The first-order chi connectivity index (χ1) is 8.94. The van der Waals surface area contributed by atoms with Crippen molar-refractivity contribution < 1.29 is 9.21 Å². The summed E-state index contributed by atoms with van der Waals surface area (Å²) in [5, 5.41) is 4.83. The lowest BCUT2D eigenvalue weighted by Crippen LogP contribution is -2.27. The van der Waals surface area contributed by atoms with Crippen molar-refractivity contribution in [3.8, 4) is 10.8 Å². The monoisotopic (exact) mass is 278 g/mol. The first-order valence-corrected chi connectivity index (χ1v) is 7.07. The number of carbonyl (C=O) groups is 1. The minimum atomic E-state index is -0.00393. The molecule has 0 spiro atoms. The maximum absolute atomic E-state index is 11.7. The molecule has 0 aromatic carbocycles. The SMILES string of the molecule is CC(C)(C)CC(=O)NCc1coc(-c2cccs2)n1. The van der Waals surface area contributed by atoms with Gasteiger partial charge in [-0.1, -0.05) is 26.8 Å². The molecule has 0 aliphatic rings. The number of hydrogen-bond acceptors (Lipinski definition) is 4. The molecule has 0 saturated heterocycles. The lowest BCUT2D eigenvalue weighted by molar-refractivity contribution is -0.122. The average molecular weight is 278 g/mol. The summed E-state index contributed by atoms with van der Waals surface area (Å²) < 4.78 is 5.39. The normalized spacial score (nSPS) is 11.5. The topological polar surface area (TPSA) is 55.1 Å². The van der Waals surface area contributed by atoms with E-state index in [1.165, 1.54) is 0 Å². The summed E-state index contributed by atoms with van der Waals surface area (Å²) in [6, 6.07) is 3.91. The molecule has 0 radical (unpaired) electrons. The van der Waals surface area contributed by atoms with Crippen LogP contribution < -0.4 is 5.32 Å². The fourth-order valence-electron chi connectivity index (χ4n) is 1.63. The minimum Gasteiger partial charge on any atom is -0.443 e. The Kier molecular flexibility index (Phi) is 4.04. The molecule has 2 aromatic rings. The van der Waals surface area contributed by atoms with E-state index in [0.29, 0.717) is 18.9 Å². The second-order valence-corrected chi connectivity index (χ2v) is 6.58. The molecule has 2 rings (SSSR count). The van der Waals surface area contributed by atoms with Gasteiger partial charge in [-0.15, -0.1) is 11.3 Å². The second-order valence-electron chi connectivity index (χ2n) is 5.64. The molecule has 0 bridgehead atoms. The largest absolute Gasteiger partial charge is 0.443 e. The van der Waals surface area contributed by atoms with Crippen LogP contribution in [-0.4, -0.2) is 10.9 Å². The number of rotatable bonds is 4. The van der Waals surface area contributed by atoms with E-state index < -0.39 is 0 Å². The minimum absolute atomic E-state index is 0.00393. The Bertz CT molecular complexity index is 538. The zero-order chi connectivity index (χ0) is 13.9. The van der Waals surface area contributed by atoms with Gasteiger partial charge in [0, 0.05) is 6.42 Å². The van der Waals surface area contributed by atoms with Crippen molar-refractivity contribution in [2.75, 3.05) is 0 Å². The standard InChI is InChI=1S/C14H18N2O2S/c1-14(2,3)7-12(17)15-8-10-9-18-13(16-10)11-5-4-6-19-11/h4-6,9H,7-8H2,1-3H3,(H,15,17). The van der Waals surface area contributed by atoms with E-state index in [2.05, 4.69) is 10.3 Å². The Morgan fingerprint density at radius 2 is 2.26 bits per heavy atom. The Morgan fingerprint density at radius 1 is 1.47 bits per heavy atom. The molecule has 0 unspecified atom stereocenters. The first kappa shape index (κ1) is 13.8. The van der Waals surface area contributed by atoms with Gasteiger partial charge in [-0.25, -0.2) is 4.98 Å². The molecular weight excluding hydrogens is 260 g/mol. The van der Waals surface area contributed by atoms with Crippen molar-refractivity contribution >= 4 is 17.2 Å². The van der Waals surface area contributed by atoms with E-state index in [-0.39, 0.29) is 11.3 Å². The number of hydrogen-bond donors (Lipinski definition) is 1. The number of carbonyl (C=O) groups excluding carboxylic acids is 1. The Morgan fingerprint density at radius 3 is 2.89 bits per heavy atom. The zero-order valence-electron chi connectivity index (χ0n) is 11.4. The van der Waals surface area contributed by atoms with E-state index in [1.807, 2.05) is 38.3 Å². The molecule has 0 atom stereocenters. The van der Waals surface area contributed by atoms with Gasteiger partial charge in [0.05, 0.1) is 17.1 Å². The van der Waals surface area contributed by atoms with Gasteiger partial charge >= 0.3 is 0 Å². The zero-order valence-corrected chi connectivity index (χ0v) is 12.2. The highest BCUT2D eigenvalue weighted by molar-refractivity contribution is 7.13. The lowest BCUT2D eigenvalue weighted by atomic mass is 9.92. The second kappa shape index (κ2) is 5.57. The molecular formula is C14H18N2O2S. The van der Waals surface area contributed by atoms with Gasteiger partial charge in [-0.05, 0) is 16.9 Å². The number of aromatic nitrogens is 1. The summed E-state index contributed by atoms with van der Waals surface area (Å²) in [6.45, 7) is 6.52. The van der Waals surface area contributed by atoms with E-state index in [4.69, 9.17) is 4.42 Å². The molecule has 0 saturated carbocycles. The van der Waals surface area contributed by atoms with Crippen LogP contribution in [0.2, 0.25) is 0 Å². The maximum atomic E-state index is 11.7. The Hall–Kier alpha value is -1.62. The quantitative estimate of drug-likeness (QED) is 0.931. The summed E-state index contributed by atoms with van der Waals surface area (Å²) in [7, 11) is 0. The molecule has 2 aromatic heterocycles. The number of nitrogens with one attached hydrogen (secondary N) is 1. The number of nitrogens with zero attached hydrogens (tertiary/aromatic N) is 1. The summed E-state index contributed by atoms with van der Waals surface area (Å²) in [5.41, 5.74) is 0.737. The molecule has 0 aliphatic heterocycles. The van der Waals surface area contributed by atoms with E-state index in [0.717, 1.165) is 10.6 Å². The van der Waals surface area contributed by atoms with Crippen LogP contribution in [-0.2, 0) is 11.3 Å². The molecule has 1 amide bonds. The average Bonchev–Trinajstić information content (AvgIpc) is 2.95. The van der Waals surface area contributed by atoms with Crippen LogP contribution in [0.1, 0.15) is 32.9 Å². The molecule has 5 heteroatoms. The van der Waals surface area contributed by atoms with Crippen molar-refractivity contribution in [1.29, 1.82) is 0 Å². The number of oxazole rings is 1. The Balaban J connectivity index is 1.89. The molecule has 0 aliphatic carbocycles. The van der Waals surface area contributed by atoms with Crippen LogP contribution >= 0.6 is 11.3 Å². The molecule has 2 heterocycles. The molecule has 1 N–H and O–H groups in total. The van der Waals surface area contributed by atoms with Gasteiger partial charge in [-0.2, -0.15) is 0 Å². The summed E-state index contributed by atoms with van der Waals surface area (Å²) >= 11 is 1.58. The first-order valence-electron chi connectivity index (χ1n) is 6.19. The third-order valence-corrected chi connectivity index (χ3v) is 3.30. The maximum Gasteiger partial charge on any atom is 0.236 e. The Labute approximate surface area is 116 Å². The van der Waals surface area contributed by atoms with Gasteiger partial charge in [0.15, 0.2) is 0 Å². The predicted molar refractivity (Wildman–Crippen MR) is 75.7 cm³/mol. The van der Waals surface area contributed by atoms with Crippen molar-refractivity contribution in [2.45, 2.75) is 33.7 Å². The van der Waals surface area contributed by atoms with E-state index >= 15 is 0 Å². The van der Waals surface area contributed by atoms with Gasteiger partial charge in [-0.3, -0.25) is 4.79 Å². The molecule has 19 heavy (non-hydrogen) atoms. The third kappa shape index (κ3) is 4.21. The lowest BCUT2D eigenvalue weighted by Gasteiger charge is -2.16. The highest BCUT2D eigenvalue weighted by Gasteiger charge is 2.16. The summed E-state index contributed by atoms with van der Waals surface area (Å²) in [4.78, 5) is 17.0. The summed E-state index contributed by atoms with van der Waals surface area (Å²) in [5.74, 6) is 0.642. The third-order valence-electron chi connectivity index (χ3n) is 2.44. The van der Waals surface area contributed by atoms with Crippen molar-refractivity contribution in [3.63, 3.8) is 0 Å². The predicted octanol–water partition coefficient (Wildman–Crippen LogP) is 3.46. The number of thiophene rings is 1. The van der Waals surface area contributed by atoms with Crippen LogP contribution in [0.4, 0.5) is 0 Å². The van der Waals surface area contributed by atoms with Crippen LogP contribution in [0.5, 0.6) is 0 Å². The van der Waals surface area contributed by atoms with Crippen LogP contribution in [0, 0.1) is 5.41 Å². The van der Waals surface area contributed by atoms with Gasteiger partial charge in [0.2, 0.25) is 11.8 Å². The highest BCUT2D eigenvalue weighted by Crippen LogP contribution is 2.23. The molecule has 102 valence electrons. The fourth-order valence-corrected chi connectivity index (χ4v) is 2.29. The van der Waals surface area contributed by atoms with Gasteiger partial charge in [0.25, 0.3) is 0 Å². The van der Waals surface area contributed by atoms with Crippen LogP contribution in [0.15, 0.2) is 28.2 Å². The highest BCUT2D eigenvalue weighted by atomic mass is 32.1. The van der Waals surface area contributed by atoms with Gasteiger partial charge < -0.3 is 9.73 Å². The summed E-state index contributed by atoms with van der Waals surface area (Å²) in [6.07, 6.45) is 2.09. The van der Waals surface area contributed by atoms with Crippen molar-refractivity contribution in [2.24, 2.45) is 5.41 Å². The van der Waals surface area contributed by atoms with Crippen molar-refractivity contribution in [3.05, 3.63) is 29.5 Å². The van der Waals surface area contributed by atoms with E-state index in [9.17, 15) is 4.79 Å².